The minimum atomic E-state index is 0.428. The van der Waals surface area contributed by atoms with Crippen LogP contribution in [-0.4, -0.2) is 35.8 Å². The lowest BCUT2D eigenvalue weighted by Gasteiger charge is -2.07. The number of hydrogen-bond acceptors (Lipinski definition) is 4. The van der Waals surface area contributed by atoms with E-state index < -0.39 is 0 Å². The SMILES string of the molecule is c1ccn(-c2nccn2C2=NN=C(n3cccn3)[N]2)c1. The van der Waals surface area contributed by atoms with Gasteiger partial charge in [-0.05, 0) is 18.2 Å². The lowest BCUT2D eigenvalue weighted by molar-refractivity contribution is 0.885. The Morgan fingerprint density at radius 2 is 1.65 bits per heavy atom. The number of rotatable bonds is 1. The molecular formula is C12H9N8. The van der Waals surface area contributed by atoms with Gasteiger partial charge in [0.1, 0.15) is 0 Å². The molecular weight excluding hydrogens is 256 g/mol. The molecule has 4 heterocycles. The van der Waals surface area contributed by atoms with Crippen LogP contribution in [0.4, 0.5) is 0 Å². The smallest absolute Gasteiger partial charge is 0.273 e. The van der Waals surface area contributed by atoms with Gasteiger partial charge in [-0.2, -0.15) is 10.4 Å². The molecule has 1 radical (unpaired) electrons. The minimum absolute atomic E-state index is 0.428. The Balaban J connectivity index is 1.64. The molecule has 0 fully saturated rings. The van der Waals surface area contributed by atoms with Gasteiger partial charge in [0, 0.05) is 37.2 Å². The van der Waals surface area contributed by atoms with Crippen LogP contribution in [0.5, 0.6) is 0 Å². The summed E-state index contributed by atoms with van der Waals surface area (Å²) in [4.78, 5) is 4.30. The molecule has 0 atom stereocenters. The first-order valence-electron chi connectivity index (χ1n) is 5.96. The molecule has 0 N–H and O–H groups in total. The first kappa shape index (κ1) is 10.7. The first-order chi connectivity index (χ1) is 9.92. The van der Waals surface area contributed by atoms with Crippen LogP contribution < -0.4 is 5.32 Å². The molecule has 0 unspecified atom stereocenters. The predicted molar refractivity (Wildman–Crippen MR) is 71.6 cm³/mol. The lowest BCUT2D eigenvalue weighted by atomic mass is 10.7. The standard InChI is InChI=1S/C12H9N8/c1-2-7-18(6-1)12-13-5-9-19(12)10-15-11(17-16-10)20-8-3-4-14-20/h1-9H. The Bertz CT molecular complexity index is 775. The maximum absolute atomic E-state index is 4.35. The minimum Gasteiger partial charge on any atom is -0.294 e. The molecule has 4 rings (SSSR count). The molecule has 3 aromatic heterocycles. The first-order valence-corrected chi connectivity index (χ1v) is 5.96. The van der Waals surface area contributed by atoms with E-state index in [9.17, 15) is 0 Å². The second kappa shape index (κ2) is 4.19. The van der Waals surface area contributed by atoms with Gasteiger partial charge in [-0.3, -0.25) is 9.13 Å². The van der Waals surface area contributed by atoms with Gasteiger partial charge in [-0.1, -0.05) is 0 Å². The number of imidazole rings is 1. The van der Waals surface area contributed by atoms with Gasteiger partial charge in [-0.15, -0.1) is 10.2 Å². The Labute approximate surface area is 113 Å². The van der Waals surface area contributed by atoms with Gasteiger partial charge in [0.15, 0.2) is 0 Å². The van der Waals surface area contributed by atoms with Crippen molar-refractivity contribution in [3.8, 4) is 5.95 Å². The maximum Gasteiger partial charge on any atom is 0.273 e. The molecule has 1 aliphatic rings. The topological polar surface area (TPSA) is 79.4 Å². The summed E-state index contributed by atoms with van der Waals surface area (Å²) in [7, 11) is 0. The van der Waals surface area contributed by atoms with Crippen molar-refractivity contribution < 1.29 is 0 Å². The molecule has 0 bridgehead atoms. The van der Waals surface area contributed by atoms with Crippen molar-refractivity contribution >= 4 is 11.9 Å². The normalized spacial score (nSPS) is 14.0. The number of aromatic nitrogens is 5. The van der Waals surface area contributed by atoms with Crippen LogP contribution in [0.1, 0.15) is 0 Å². The van der Waals surface area contributed by atoms with Crippen molar-refractivity contribution in [1.29, 1.82) is 0 Å². The fourth-order valence-electron chi connectivity index (χ4n) is 1.92. The summed E-state index contributed by atoms with van der Waals surface area (Å²) in [6.45, 7) is 0. The highest BCUT2D eigenvalue weighted by molar-refractivity contribution is 6.03. The third-order valence-electron chi connectivity index (χ3n) is 2.81. The highest BCUT2D eigenvalue weighted by Crippen LogP contribution is 2.08. The molecule has 20 heavy (non-hydrogen) atoms. The van der Waals surface area contributed by atoms with Crippen molar-refractivity contribution in [2.24, 2.45) is 10.2 Å². The average molecular weight is 265 g/mol. The molecule has 8 nitrogen and oxygen atoms in total. The van der Waals surface area contributed by atoms with E-state index in [-0.39, 0.29) is 0 Å². The van der Waals surface area contributed by atoms with E-state index in [4.69, 9.17) is 0 Å². The zero-order chi connectivity index (χ0) is 13.4. The monoisotopic (exact) mass is 265 g/mol. The highest BCUT2D eigenvalue weighted by Gasteiger charge is 2.20. The summed E-state index contributed by atoms with van der Waals surface area (Å²) >= 11 is 0. The fraction of sp³-hybridized carbons (Fsp3) is 0. The molecule has 97 valence electrons. The average Bonchev–Trinajstić information content (AvgIpc) is 3.23. The number of hydrogen-bond donors (Lipinski definition) is 0. The summed E-state index contributed by atoms with van der Waals surface area (Å²) in [5.74, 6) is 1.59. The van der Waals surface area contributed by atoms with Crippen molar-refractivity contribution in [3.63, 3.8) is 0 Å². The summed E-state index contributed by atoms with van der Waals surface area (Å²) in [5.41, 5.74) is 0. The van der Waals surface area contributed by atoms with Gasteiger partial charge >= 0.3 is 0 Å². The zero-order valence-corrected chi connectivity index (χ0v) is 10.3. The second-order valence-corrected chi connectivity index (χ2v) is 4.05. The molecule has 0 aliphatic carbocycles. The van der Waals surface area contributed by atoms with Crippen LogP contribution in [0.25, 0.3) is 5.95 Å². The Hall–Kier alpha value is -3.16. The Kier molecular flexibility index (Phi) is 2.25. The van der Waals surface area contributed by atoms with Crippen LogP contribution >= 0.6 is 0 Å². The highest BCUT2D eigenvalue weighted by atomic mass is 15.5. The van der Waals surface area contributed by atoms with E-state index in [1.807, 2.05) is 29.1 Å². The quantitative estimate of drug-likeness (QED) is 0.642. The number of nitrogens with zero attached hydrogens (tertiary/aromatic N) is 8. The second-order valence-electron chi connectivity index (χ2n) is 4.05. The van der Waals surface area contributed by atoms with Gasteiger partial charge in [0.25, 0.3) is 11.9 Å². The summed E-state index contributed by atoms with van der Waals surface area (Å²) in [5, 5.41) is 16.5. The van der Waals surface area contributed by atoms with E-state index in [0.717, 1.165) is 0 Å². The molecule has 0 saturated heterocycles. The molecule has 8 heteroatoms. The van der Waals surface area contributed by atoms with E-state index in [1.165, 1.54) is 0 Å². The van der Waals surface area contributed by atoms with Crippen molar-refractivity contribution in [1.82, 2.24) is 29.2 Å². The summed E-state index contributed by atoms with van der Waals surface area (Å²) in [6.07, 6.45) is 10.7. The largest absolute Gasteiger partial charge is 0.294 e. The van der Waals surface area contributed by atoms with Crippen LogP contribution in [-0.2, 0) is 0 Å². The van der Waals surface area contributed by atoms with Gasteiger partial charge in [-0.25, -0.2) is 9.67 Å². The molecule has 3 aromatic rings. The van der Waals surface area contributed by atoms with Gasteiger partial charge in [0.05, 0.1) is 0 Å². The van der Waals surface area contributed by atoms with E-state index >= 15 is 0 Å². The molecule has 0 spiro atoms. The van der Waals surface area contributed by atoms with Crippen LogP contribution in [0.15, 0.2) is 65.6 Å². The molecule has 1 aliphatic heterocycles. The van der Waals surface area contributed by atoms with Crippen molar-refractivity contribution in [2.45, 2.75) is 0 Å². The zero-order valence-electron chi connectivity index (χ0n) is 10.3. The lowest BCUT2D eigenvalue weighted by Crippen LogP contribution is -2.30. The van der Waals surface area contributed by atoms with E-state index in [1.54, 1.807) is 40.1 Å². The summed E-state index contributed by atoms with van der Waals surface area (Å²) in [6, 6.07) is 5.66. The third kappa shape index (κ3) is 1.62. The van der Waals surface area contributed by atoms with Crippen LogP contribution in [0, 0.1) is 0 Å². The van der Waals surface area contributed by atoms with Crippen molar-refractivity contribution in [3.05, 3.63) is 55.4 Å². The van der Waals surface area contributed by atoms with Crippen LogP contribution in [0.2, 0.25) is 0 Å². The Morgan fingerprint density at radius 3 is 2.45 bits per heavy atom. The van der Waals surface area contributed by atoms with E-state index in [0.29, 0.717) is 17.9 Å². The van der Waals surface area contributed by atoms with E-state index in [2.05, 4.69) is 25.6 Å². The summed E-state index contributed by atoms with van der Waals surface area (Å²) < 4.78 is 5.20. The molecule has 0 amide bonds. The molecule has 0 saturated carbocycles. The fourth-order valence-corrected chi connectivity index (χ4v) is 1.92. The van der Waals surface area contributed by atoms with Gasteiger partial charge < -0.3 is 0 Å². The third-order valence-corrected chi connectivity index (χ3v) is 2.81. The predicted octanol–water partition coefficient (Wildman–Crippen LogP) is 0.512. The van der Waals surface area contributed by atoms with Gasteiger partial charge in [0.2, 0.25) is 5.95 Å². The Morgan fingerprint density at radius 1 is 0.800 bits per heavy atom. The molecule has 0 aromatic carbocycles. The maximum atomic E-state index is 4.35. The van der Waals surface area contributed by atoms with Crippen LogP contribution in [0.3, 0.4) is 0 Å². The van der Waals surface area contributed by atoms with Crippen molar-refractivity contribution in [2.75, 3.05) is 0 Å².